The number of hydrogen-bond donors (Lipinski definition) is 2. The Morgan fingerprint density at radius 3 is 2.41 bits per heavy atom. The Labute approximate surface area is 158 Å². The summed E-state index contributed by atoms with van der Waals surface area (Å²) in [4.78, 5) is 26.2. The number of nitrogens with one attached hydrogen (secondary N) is 1. The molecule has 7 nitrogen and oxygen atoms in total. The molecule has 1 saturated heterocycles. The van der Waals surface area contributed by atoms with Crippen molar-refractivity contribution in [2.75, 3.05) is 18.0 Å². The second-order valence-corrected chi connectivity index (χ2v) is 8.03. The maximum absolute atomic E-state index is 12.4. The van der Waals surface area contributed by atoms with Gasteiger partial charge in [-0.1, -0.05) is 30.3 Å². The van der Waals surface area contributed by atoms with Crippen molar-refractivity contribution in [1.29, 1.82) is 0 Å². The van der Waals surface area contributed by atoms with Gasteiger partial charge < -0.3 is 10.2 Å². The van der Waals surface area contributed by atoms with Gasteiger partial charge in [0.25, 0.3) is 0 Å². The highest BCUT2D eigenvalue weighted by Crippen LogP contribution is 2.24. The third-order valence-corrected chi connectivity index (χ3v) is 5.46. The van der Waals surface area contributed by atoms with Gasteiger partial charge in [-0.05, 0) is 36.2 Å². The number of hydrogen-bond acceptors (Lipinski definition) is 4. The van der Waals surface area contributed by atoms with Crippen molar-refractivity contribution < 1.29 is 18.0 Å². The summed E-state index contributed by atoms with van der Waals surface area (Å²) in [6, 6.07) is 15.5. The number of nitrogens with zero attached hydrogens (tertiary/aromatic N) is 1. The lowest BCUT2D eigenvalue weighted by Gasteiger charge is -2.16. The summed E-state index contributed by atoms with van der Waals surface area (Å²) < 4.78 is 22.5. The minimum Gasteiger partial charge on any atom is -0.355 e. The quantitative estimate of drug-likeness (QED) is 0.772. The Bertz CT molecular complexity index is 927. The van der Waals surface area contributed by atoms with E-state index < -0.39 is 10.0 Å². The molecule has 1 aliphatic rings. The Morgan fingerprint density at radius 2 is 1.78 bits per heavy atom. The number of primary sulfonamides is 1. The second-order valence-electron chi connectivity index (χ2n) is 6.47. The molecule has 142 valence electrons. The van der Waals surface area contributed by atoms with E-state index in [0.29, 0.717) is 19.5 Å². The van der Waals surface area contributed by atoms with Crippen molar-refractivity contribution in [3.05, 3.63) is 60.2 Å². The van der Waals surface area contributed by atoms with Gasteiger partial charge in [0.15, 0.2) is 0 Å². The van der Waals surface area contributed by atoms with Crippen molar-refractivity contribution in [2.24, 2.45) is 11.1 Å². The minimum absolute atomic E-state index is 0.0556. The zero-order valence-corrected chi connectivity index (χ0v) is 15.5. The summed E-state index contributed by atoms with van der Waals surface area (Å²) in [7, 11) is -3.70. The maximum atomic E-state index is 12.4. The molecular formula is C19H21N3O4S. The Kier molecular flexibility index (Phi) is 5.57. The standard InChI is InChI=1S/C19H21N3O4S/c20-27(25,26)17-8-6-14(7-9-17)10-11-21-19(24)15-12-18(23)22(13-15)16-4-2-1-3-5-16/h1-9,15H,10-13H2,(H,21,24)(H2,20,25,26)/t15-/m0/s1. The van der Waals surface area contributed by atoms with Crippen LogP contribution in [0.3, 0.4) is 0 Å². The van der Waals surface area contributed by atoms with Crippen LogP contribution in [-0.2, 0) is 26.0 Å². The fourth-order valence-corrected chi connectivity index (χ4v) is 3.58. The molecule has 1 aliphatic heterocycles. The molecule has 27 heavy (non-hydrogen) atoms. The number of carbonyl (C=O) groups is 2. The minimum atomic E-state index is -3.70. The molecule has 1 fully saturated rings. The molecule has 1 atom stereocenters. The first kappa shape index (κ1) is 19.1. The predicted molar refractivity (Wildman–Crippen MR) is 101 cm³/mol. The first-order chi connectivity index (χ1) is 12.8. The predicted octanol–water partition coefficient (Wildman–Crippen LogP) is 1.05. The highest BCUT2D eigenvalue weighted by molar-refractivity contribution is 7.89. The molecule has 2 aromatic rings. The maximum Gasteiger partial charge on any atom is 0.238 e. The molecular weight excluding hydrogens is 366 g/mol. The zero-order chi connectivity index (χ0) is 19.4. The average Bonchev–Trinajstić information content (AvgIpc) is 3.04. The van der Waals surface area contributed by atoms with E-state index in [1.807, 2.05) is 30.3 Å². The number of rotatable bonds is 6. The first-order valence-electron chi connectivity index (χ1n) is 8.59. The lowest BCUT2D eigenvalue weighted by Crippen LogP contribution is -2.34. The first-order valence-corrected chi connectivity index (χ1v) is 10.1. The van der Waals surface area contributed by atoms with Gasteiger partial charge in [0.1, 0.15) is 0 Å². The Hall–Kier alpha value is -2.71. The summed E-state index contributed by atoms with van der Waals surface area (Å²) in [5.41, 5.74) is 1.68. The van der Waals surface area contributed by atoms with Gasteiger partial charge in [-0.15, -0.1) is 0 Å². The lowest BCUT2D eigenvalue weighted by atomic mass is 10.1. The van der Waals surface area contributed by atoms with Gasteiger partial charge in [-0.25, -0.2) is 13.6 Å². The topological polar surface area (TPSA) is 110 Å². The van der Waals surface area contributed by atoms with Gasteiger partial charge >= 0.3 is 0 Å². The molecule has 0 saturated carbocycles. The van der Waals surface area contributed by atoms with E-state index >= 15 is 0 Å². The number of benzene rings is 2. The highest BCUT2D eigenvalue weighted by Gasteiger charge is 2.34. The van der Waals surface area contributed by atoms with Crippen LogP contribution in [0.4, 0.5) is 5.69 Å². The van der Waals surface area contributed by atoms with Crippen molar-refractivity contribution in [3.8, 4) is 0 Å². The van der Waals surface area contributed by atoms with Crippen molar-refractivity contribution in [1.82, 2.24) is 5.32 Å². The van der Waals surface area contributed by atoms with E-state index in [0.717, 1.165) is 11.3 Å². The van der Waals surface area contributed by atoms with E-state index in [4.69, 9.17) is 5.14 Å². The molecule has 3 N–H and O–H groups in total. The van der Waals surface area contributed by atoms with Gasteiger partial charge in [0, 0.05) is 25.2 Å². The third-order valence-electron chi connectivity index (χ3n) is 4.53. The van der Waals surface area contributed by atoms with Crippen LogP contribution in [0.2, 0.25) is 0 Å². The van der Waals surface area contributed by atoms with Crippen LogP contribution in [0, 0.1) is 5.92 Å². The van der Waals surface area contributed by atoms with Crippen LogP contribution in [-0.4, -0.2) is 33.3 Å². The van der Waals surface area contributed by atoms with Crippen LogP contribution in [0.25, 0.3) is 0 Å². The van der Waals surface area contributed by atoms with Crippen molar-refractivity contribution >= 4 is 27.5 Å². The number of nitrogens with two attached hydrogens (primary N) is 1. The normalized spacial score (nSPS) is 17.1. The molecule has 0 unspecified atom stereocenters. The van der Waals surface area contributed by atoms with Crippen LogP contribution in [0.5, 0.6) is 0 Å². The summed E-state index contributed by atoms with van der Waals surface area (Å²) in [5, 5.41) is 7.91. The van der Waals surface area contributed by atoms with Crippen LogP contribution >= 0.6 is 0 Å². The average molecular weight is 387 g/mol. The number of sulfonamides is 1. The number of carbonyl (C=O) groups excluding carboxylic acids is 2. The van der Waals surface area contributed by atoms with E-state index in [1.165, 1.54) is 12.1 Å². The number of amides is 2. The van der Waals surface area contributed by atoms with Crippen LogP contribution < -0.4 is 15.4 Å². The summed E-state index contributed by atoms with van der Waals surface area (Å²) in [6.45, 7) is 0.779. The zero-order valence-electron chi connectivity index (χ0n) is 14.7. The lowest BCUT2D eigenvalue weighted by molar-refractivity contribution is -0.126. The Morgan fingerprint density at radius 1 is 1.11 bits per heavy atom. The molecule has 0 bridgehead atoms. The highest BCUT2D eigenvalue weighted by atomic mass is 32.2. The smallest absolute Gasteiger partial charge is 0.238 e. The summed E-state index contributed by atoms with van der Waals surface area (Å²) in [6.07, 6.45) is 0.753. The molecule has 1 heterocycles. The monoisotopic (exact) mass is 387 g/mol. The molecule has 0 radical (unpaired) electrons. The van der Waals surface area contributed by atoms with Gasteiger partial charge in [0.2, 0.25) is 21.8 Å². The van der Waals surface area contributed by atoms with Gasteiger partial charge in [-0.3, -0.25) is 9.59 Å². The van der Waals surface area contributed by atoms with E-state index in [2.05, 4.69) is 5.32 Å². The summed E-state index contributed by atoms with van der Waals surface area (Å²) in [5.74, 6) is -0.578. The molecule has 0 aliphatic carbocycles. The van der Waals surface area contributed by atoms with E-state index in [-0.39, 0.29) is 29.0 Å². The molecule has 0 spiro atoms. The van der Waals surface area contributed by atoms with Gasteiger partial charge in [-0.2, -0.15) is 0 Å². The largest absolute Gasteiger partial charge is 0.355 e. The second kappa shape index (κ2) is 7.89. The van der Waals surface area contributed by atoms with Gasteiger partial charge in [0.05, 0.1) is 10.8 Å². The van der Waals surface area contributed by atoms with Crippen molar-refractivity contribution in [3.63, 3.8) is 0 Å². The molecule has 2 aromatic carbocycles. The van der Waals surface area contributed by atoms with Crippen LogP contribution in [0.15, 0.2) is 59.5 Å². The molecule has 3 rings (SSSR count). The molecule has 2 amide bonds. The molecule has 8 heteroatoms. The SMILES string of the molecule is NS(=O)(=O)c1ccc(CCNC(=O)[C@H]2CC(=O)N(c3ccccc3)C2)cc1. The van der Waals surface area contributed by atoms with Crippen LogP contribution in [0.1, 0.15) is 12.0 Å². The van der Waals surface area contributed by atoms with E-state index in [9.17, 15) is 18.0 Å². The third kappa shape index (κ3) is 4.72. The number of anilines is 1. The fourth-order valence-electron chi connectivity index (χ4n) is 3.06. The Balaban J connectivity index is 1.51. The number of para-hydroxylation sites is 1. The molecule has 0 aromatic heterocycles. The van der Waals surface area contributed by atoms with Crippen molar-refractivity contribution in [2.45, 2.75) is 17.7 Å². The van der Waals surface area contributed by atoms with E-state index in [1.54, 1.807) is 17.0 Å². The fraction of sp³-hybridized carbons (Fsp3) is 0.263. The summed E-state index contributed by atoms with van der Waals surface area (Å²) >= 11 is 0.